The summed E-state index contributed by atoms with van der Waals surface area (Å²) in [5.74, 6) is 1.81. The van der Waals surface area contributed by atoms with E-state index >= 15 is 0 Å². The fourth-order valence-corrected chi connectivity index (χ4v) is 2.86. The highest BCUT2D eigenvalue weighted by molar-refractivity contribution is 5.77. The van der Waals surface area contributed by atoms with Gasteiger partial charge in [0.2, 0.25) is 0 Å². The Labute approximate surface area is 115 Å². The molecule has 0 fully saturated rings. The molecule has 3 heteroatoms. The number of aromatic nitrogens is 2. The van der Waals surface area contributed by atoms with Gasteiger partial charge in [0.1, 0.15) is 5.82 Å². The van der Waals surface area contributed by atoms with Crippen molar-refractivity contribution >= 4 is 11.0 Å². The van der Waals surface area contributed by atoms with Crippen molar-refractivity contribution < 1.29 is 0 Å². The number of fused-ring (bicyclic) bond motifs is 1. The van der Waals surface area contributed by atoms with Crippen LogP contribution in [-0.2, 0) is 13.6 Å². The van der Waals surface area contributed by atoms with Gasteiger partial charge in [-0.3, -0.25) is 0 Å². The quantitative estimate of drug-likeness (QED) is 0.859. The van der Waals surface area contributed by atoms with E-state index in [0.717, 1.165) is 11.1 Å². The third kappa shape index (κ3) is 2.81. The van der Waals surface area contributed by atoms with Crippen LogP contribution >= 0.6 is 0 Å². The summed E-state index contributed by atoms with van der Waals surface area (Å²) in [4.78, 5) is 4.87. The molecule has 3 nitrogen and oxygen atoms in total. The van der Waals surface area contributed by atoms with E-state index in [1.165, 1.54) is 37.0 Å². The molecule has 2 N–H and O–H groups in total. The first kappa shape index (κ1) is 14.1. The van der Waals surface area contributed by atoms with E-state index in [1.807, 2.05) is 0 Å². The van der Waals surface area contributed by atoms with Crippen LogP contribution in [0.15, 0.2) is 18.2 Å². The smallest absolute Gasteiger partial charge is 0.112 e. The molecular weight excluding hydrogens is 234 g/mol. The Kier molecular flexibility index (Phi) is 4.59. The molecule has 19 heavy (non-hydrogen) atoms. The number of aryl methyl sites for hydroxylation is 1. The van der Waals surface area contributed by atoms with Crippen molar-refractivity contribution in [2.24, 2.45) is 12.8 Å². The topological polar surface area (TPSA) is 43.8 Å². The second-order valence-corrected chi connectivity index (χ2v) is 5.33. The molecule has 0 saturated carbocycles. The number of hydrogen-bond acceptors (Lipinski definition) is 2. The first-order valence-corrected chi connectivity index (χ1v) is 7.36. The van der Waals surface area contributed by atoms with E-state index in [2.05, 4.69) is 43.7 Å². The van der Waals surface area contributed by atoms with E-state index in [4.69, 9.17) is 10.7 Å². The molecule has 0 aliphatic rings. The van der Waals surface area contributed by atoms with Crippen molar-refractivity contribution in [1.82, 2.24) is 9.55 Å². The van der Waals surface area contributed by atoms with Crippen LogP contribution in [0.4, 0.5) is 0 Å². The Hall–Kier alpha value is -1.35. The lowest BCUT2D eigenvalue weighted by atomic mass is 9.97. The average molecular weight is 259 g/mol. The molecule has 0 aliphatic carbocycles. The maximum absolute atomic E-state index is 5.71. The van der Waals surface area contributed by atoms with Crippen molar-refractivity contribution in [3.8, 4) is 0 Å². The van der Waals surface area contributed by atoms with E-state index < -0.39 is 0 Å². The SMILES string of the molecule is CCCC(CCC)c1nc2cc(CN)ccc2n1C. The summed E-state index contributed by atoms with van der Waals surface area (Å²) in [6.45, 7) is 5.07. The van der Waals surface area contributed by atoms with Gasteiger partial charge in [-0.05, 0) is 30.5 Å². The van der Waals surface area contributed by atoms with Gasteiger partial charge in [0.05, 0.1) is 11.0 Å². The number of nitrogens with two attached hydrogens (primary N) is 1. The predicted octanol–water partition coefficient (Wildman–Crippen LogP) is 3.72. The minimum Gasteiger partial charge on any atom is -0.331 e. The highest BCUT2D eigenvalue weighted by Gasteiger charge is 2.17. The molecule has 0 radical (unpaired) electrons. The lowest BCUT2D eigenvalue weighted by Gasteiger charge is -2.14. The Morgan fingerprint density at radius 2 is 1.89 bits per heavy atom. The Bertz CT molecular complexity index is 536. The third-order valence-corrected chi connectivity index (χ3v) is 3.85. The molecular formula is C16H25N3. The van der Waals surface area contributed by atoms with E-state index in [0.29, 0.717) is 12.5 Å². The minimum atomic E-state index is 0.578. The monoisotopic (exact) mass is 259 g/mol. The van der Waals surface area contributed by atoms with E-state index in [1.54, 1.807) is 0 Å². The molecule has 0 atom stereocenters. The number of hydrogen-bond donors (Lipinski definition) is 1. The van der Waals surface area contributed by atoms with Crippen LogP contribution in [0.1, 0.15) is 56.8 Å². The highest BCUT2D eigenvalue weighted by Crippen LogP contribution is 2.28. The second-order valence-electron chi connectivity index (χ2n) is 5.33. The van der Waals surface area contributed by atoms with Crippen molar-refractivity contribution in [2.75, 3.05) is 0 Å². The Balaban J connectivity index is 2.44. The summed E-state index contributed by atoms with van der Waals surface area (Å²) >= 11 is 0. The Morgan fingerprint density at radius 1 is 1.21 bits per heavy atom. The van der Waals surface area contributed by atoms with Gasteiger partial charge in [-0.1, -0.05) is 32.8 Å². The third-order valence-electron chi connectivity index (χ3n) is 3.85. The number of imidazole rings is 1. The summed E-state index contributed by atoms with van der Waals surface area (Å²) < 4.78 is 2.26. The summed E-state index contributed by atoms with van der Waals surface area (Å²) in [6, 6.07) is 6.36. The summed E-state index contributed by atoms with van der Waals surface area (Å²) in [7, 11) is 2.13. The van der Waals surface area contributed by atoms with E-state index in [9.17, 15) is 0 Å². The van der Waals surface area contributed by atoms with Gasteiger partial charge in [0, 0.05) is 19.5 Å². The lowest BCUT2D eigenvalue weighted by molar-refractivity contribution is 0.521. The molecule has 2 rings (SSSR count). The highest BCUT2D eigenvalue weighted by atomic mass is 15.1. The van der Waals surface area contributed by atoms with Gasteiger partial charge in [-0.15, -0.1) is 0 Å². The molecule has 0 aliphatic heterocycles. The van der Waals surface area contributed by atoms with Crippen LogP contribution in [0.5, 0.6) is 0 Å². The van der Waals surface area contributed by atoms with Crippen LogP contribution in [0.25, 0.3) is 11.0 Å². The fraction of sp³-hybridized carbons (Fsp3) is 0.562. The average Bonchev–Trinajstić information content (AvgIpc) is 2.75. The van der Waals surface area contributed by atoms with Gasteiger partial charge < -0.3 is 10.3 Å². The van der Waals surface area contributed by atoms with Gasteiger partial charge >= 0.3 is 0 Å². The number of rotatable bonds is 6. The van der Waals surface area contributed by atoms with E-state index in [-0.39, 0.29) is 0 Å². The summed E-state index contributed by atoms with van der Waals surface area (Å²) in [6.07, 6.45) is 4.85. The molecule has 104 valence electrons. The van der Waals surface area contributed by atoms with Crippen LogP contribution in [-0.4, -0.2) is 9.55 Å². The second kappa shape index (κ2) is 6.20. The van der Waals surface area contributed by atoms with Crippen LogP contribution < -0.4 is 5.73 Å². The van der Waals surface area contributed by atoms with Crippen LogP contribution in [0.3, 0.4) is 0 Å². The molecule has 2 aromatic rings. The maximum Gasteiger partial charge on any atom is 0.112 e. The molecule has 1 aromatic heterocycles. The molecule has 0 saturated heterocycles. The van der Waals surface area contributed by atoms with Gasteiger partial charge in [-0.25, -0.2) is 4.98 Å². The number of nitrogens with zero attached hydrogens (tertiary/aromatic N) is 2. The largest absolute Gasteiger partial charge is 0.331 e. The molecule has 1 heterocycles. The minimum absolute atomic E-state index is 0.578. The normalized spacial score (nSPS) is 11.6. The van der Waals surface area contributed by atoms with Crippen molar-refractivity contribution in [2.45, 2.75) is 52.0 Å². The van der Waals surface area contributed by atoms with Crippen LogP contribution in [0, 0.1) is 0 Å². The lowest BCUT2D eigenvalue weighted by Crippen LogP contribution is -2.06. The zero-order chi connectivity index (χ0) is 13.8. The van der Waals surface area contributed by atoms with Gasteiger partial charge in [0.25, 0.3) is 0 Å². The first-order valence-electron chi connectivity index (χ1n) is 7.36. The zero-order valence-corrected chi connectivity index (χ0v) is 12.3. The summed E-state index contributed by atoms with van der Waals surface area (Å²) in [5, 5.41) is 0. The van der Waals surface area contributed by atoms with Crippen LogP contribution in [0.2, 0.25) is 0 Å². The summed E-state index contributed by atoms with van der Waals surface area (Å²) in [5.41, 5.74) is 9.15. The van der Waals surface area contributed by atoms with Crippen molar-refractivity contribution in [1.29, 1.82) is 0 Å². The van der Waals surface area contributed by atoms with Gasteiger partial charge in [0.15, 0.2) is 0 Å². The molecule has 0 amide bonds. The number of benzene rings is 1. The van der Waals surface area contributed by atoms with Crippen molar-refractivity contribution in [3.63, 3.8) is 0 Å². The zero-order valence-electron chi connectivity index (χ0n) is 12.3. The maximum atomic E-state index is 5.71. The molecule has 1 aromatic carbocycles. The molecule has 0 bridgehead atoms. The fourth-order valence-electron chi connectivity index (χ4n) is 2.86. The van der Waals surface area contributed by atoms with Gasteiger partial charge in [-0.2, -0.15) is 0 Å². The standard InChI is InChI=1S/C16H25N3/c1-4-6-13(7-5-2)16-18-14-10-12(11-17)8-9-15(14)19(16)3/h8-10,13H,4-7,11,17H2,1-3H3. The first-order chi connectivity index (χ1) is 9.21. The molecule has 0 unspecified atom stereocenters. The predicted molar refractivity (Wildman–Crippen MR) is 81.2 cm³/mol. The molecule has 0 spiro atoms. The van der Waals surface area contributed by atoms with Crippen molar-refractivity contribution in [3.05, 3.63) is 29.6 Å². The Morgan fingerprint density at radius 3 is 2.47 bits per heavy atom.